The summed E-state index contributed by atoms with van der Waals surface area (Å²) in [6.07, 6.45) is 1.65. The normalized spacial score (nSPS) is 16.4. The van der Waals surface area contributed by atoms with Gasteiger partial charge in [0.05, 0.1) is 29.3 Å². The Morgan fingerprint density at radius 2 is 1.97 bits per heavy atom. The molecule has 0 aromatic heterocycles. The SMILES string of the molecule is CCOC(=O)C1=C(O)/C(=C/c2ccc(O)c(OC)c2)SC1=Nc1ccc(Cl)cc1Cl. The smallest absolute Gasteiger partial charge is 0.344 e. The van der Waals surface area contributed by atoms with E-state index in [1.807, 2.05) is 0 Å². The summed E-state index contributed by atoms with van der Waals surface area (Å²) in [4.78, 5) is 17.3. The van der Waals surface area contributed by atoms with E-state index >= 15 is 0 Å². The van der Waals surface area contributed by atoms with Gasteiger partial charge in [0.2, 0.25) is 0 Å². The lowest BCUT2D eigenvalue weighted by Crippen LogP contribution is -2.12. The number of aliphatic hydroxyl groups is 1. The Bertz CT molecular complexity index is 1090. The predicted molar refractivity (Wildman–Crippen MR) is 120 cm³/mol. The van der Waals surface area contributed by atoms with Crippen LogP contribution in [0.3, 0.4) is 0 Å². The van der Waals surface area contributed by atoms with E-state index in [9.17, 15) is 15.0 Å². The van der Waals surface area contributed by atoms with Crippen LogP contribution in [0.25, 0.3) is 6.08 Å². The molecule has 1 heterocycles. The highest BCUT2D eigenvalue weighted by Crippen LogP contribution is 2.42. The van der Waals surface area contributed by atoms with E-state index in [4.69, 9.17) is 32.7 Å². The number of phenols is 1. The highest BCUT2D eigenvalue weighted by Gasteiger charge is 2.33. The Labute approximate surface area is 187 Å². The standard InChI is InChI=1S/C21H17Cl2NO5S/c1-3-29-21(27)18-19(26)17(9-11-4-7-15(25)16(8-11)28-2)30-20(18)24-14-6-5-12(22)10-13(14)23/h4-10,25-26H,3H2,1-2H3/b17-9-,24-20?. The van der Waals surface area contributed by atoms with E-state index in [-0.39, 0.29) is 34.5 Å². The Hall–Kier alpha value is -2.61. The maximum Gasteiger partial charge on any atom is 0.344 e. The molecule has 6 nitrogen and oxygen atoms in total. The van der Waals surface area contributed by atoms with Crippen LogP contribution in [0.5, 0.6) is 11.5 Å². The highest BCUT2D eigenvalue weighted by molar-refractivity contribution is 8.18. The fourth-order valence-corrected chi connectivity index (χ4v) is 4.09. The molecule has 30 heavy (non-hydrogen) atoms. The van der Waals surface area contributed by atoms with Crippen LogP contribution in [-0.4, -0.2) is 34.9 Å². The third-order valence-corrected chi connectivity index (χ3v) is 5.56. The van der Waals surface area contributed by atoms with Crippen molar-refractivity contribution in [2.45, 2.75) is 6.92 Å². The highest BCUT2D eigenvalue weighted by atomic mass is 35.5. The summed E-state index contributed by atoms with van der Waals surface area (Å²) in [5.41, 5.74) is 0.989. The van der Waals surface area contributed by atoms with Crippen molar-refractivity contribution in [1.82, 2.24) is 0 Å². The number of nitrogens with zero attached hydrogens (tertiary/aromatic N) is 1. The predicted octanol–water partition coefficient (Wildman–Crippen LogP) is 5.90. The van der Waals surface area contributed by atoms with Crippen LogP contribution in [0.2, 0.25) is 10.0 Å². The number of hydrogen-bond acceptors (Lipinski definition) is 7. The summed E-state index contributed by atoms with van der Waals surface area (Å²) < 4.78 is 10.2. The van der Waals surface area contributed by atoms with Crippen LogP contribution in [0.1, 0.15) is 12.5 Å². The van der Waals surface area contributed by atoms with Gasteiger partial charge in [0.1, 0.15) is 16.4 Å². The molecule has 0 atom stereocenters. The fourth-order valence-electron chi connectivity index (χ4n) is 2.61. The third kappa shape index (κ3) is 4.75. The van der Waals surface area contributed by atoms with E-state index < -0.39 is 5.97 Å². The summed E-state index contributed by atoms with van der Waals surface area (Å²) in [5.74, 6) is -0.680. The second-order valence-corrected chi connectivity index (χ2v) is 7.87. The number of halogens is 2. The number of aliphatic hydroxyl groups excluding tert-OH is 1. The molecule has 1 aliphatic rings. The molecule has 1 aliphatic heterocycles. The van der Waals surface area contributed by atoms with Gasteiger partial charge in [-0.2, -0.15) is 0 Å². The van der Waals surface area contributed by atoms with Crippen molar-refractivity contribution in [2.24, 2.45) is 4.99 Å². The zero-order valence-corrected chi connectivity index (χ0v) is 18.3. The van der Waals surface area contributed by atoms with E-state index in [0.29, 0.717) is 26.2 Å². The van der Waals surface area contributed by atoms with Crippen LogP contribution in [0, 0.1) is 0 Å². The maximum atomic E-state index is 12.5. The molecule has 0 amide bonds. The number of aromatic hydroxyl groups is 1. The topological polar surface area (TPSA) is 88.4 Å². The average molecular weight is 466 g/mol. The van der Waals surface area contributed by atoms with E-state index in [0.717, 1.165) is 11.8 Å². The number of carbonyl (C=O) groups excluding carboxylic acids is 1. The molecule has 0 bridgehead atoms. The van der Waals surface area contributed by atoms with Crippen molar-refractivity contribution < 1.29 is 24.5 Å². The molecular formula is C21H17Cl2NO5S. The first-order valence-electron chi connectivity index (χ1n) is 8.75. The summed E-state index contributed by atoms with van der Waals surface area (Å²) in [5, 5.41) is 21.5. The number of phenolic OH excluding ortho intramolecular Hbond substituents is 1. The first kappa shape index (κ1) is 22.1. The first-order chi connectivity index (χ1) is 14.3. The van der Waals surface area contributed by atoms with Gasteiger partial charge in [-0.15, -0.1) is 0 Å². The van der Waals surface area contributed by atoms with Gasteiger partial charge < -0.3 is 19.7 Å². The lowest BCUT2D eigenvalue weighted by Gasteiger charge is -2.05. The maximum absolute atomic E-state index is 12.5. The van der Waals surface area contributed by atoms with Crippen molar-refractivity contribution in [1.29, 1.82) is 0 Å². The van der Waals surface area contributed by atoms with Crippen LogP contribution >= 0.6 is 35.0 Å². The quantitative estimate of drug-likeness (QED) is 0.534. The number of aliphatic imine (C=N–C) groups is 1. The van der Waals surface area contributed by atoms with Gasteiger partial charge in [0, 0.05) is 5.02 Å². The molecule has 0 saturated heterocycles. The number of ether oxygens (including phenoxy) is 2. The van der Waals surface area contributed by atoms with E-state index in [1.54, 1.807) is 37.3 Å². The molecular weight excluding hydrogens is 449 g/mol. The van der Waals surface area contributed by atoms with Crippen molar-refractivity contribution >= 4 is 57.7 Å². The summed E-state index contributed by atoms with van der Waals surface area (Å²) >= 11 is 13.2. The molecule has 3 rings (SSSR count). The number of rotatable bonds is 5. The molecule has 2 N–H and O–H groups in total. The lowest BCUT2D eigenvalue weighted by atomic mass is 10.1. The van der Waals surface area contributed by atoms with Gasteiger partial charge in [-0.1, -0.05) is 41.0 Å². The molecule has 9 heteroatoms. The molecule has 2 aromatic rings. The average Bonchev–Trinajstić information content (AvgIpc) is 3.00. The number of benzene rings is 2. The van der Waals surface area contributed by atoms with Crippen molar-refractivity contribution in [3.63, 3.8) is 0 Å². The summed E-state index contributed by atoms with van der Waals surface area (Å²) in [7, 11) is 1.44. The number of methoxy groups -OCH3 is 1. The zero-order chi connectivity index (χ0) is 21.8. The Morgan fingerprint density at radius 1 is 1.20 bits per heavy atom. The molecule has 0 fully saturated rings. The van der Waals surface area contributed by atoms with Crippen LogP contribution < -0.4 is 4.74 Å². The first-order valence-corrected chi connectivity index (χ1v) is 10.3. The largest absolute Gasteiger partial charge is 0.506 e. The Kier molecular flexibility index (Phi) is 6.97. The van der Waals surface area contributed by atoms with Gasteiger partial charge in [-0.05, 0) is 48.9 Å². The van der Waals surface area contributed by atoms with Gasteiger partial charge >= 0.3 is 5.97 Å². The van der Waals surface area contributed by atoms with Crippen LogP contribution in [-0.2, 0) is 9.53 Å². The molecule has 0 aliphatic carbocycles. The Morgan fingerprint density at radius 3 is 2.63 bits per heavy atom. The number of hydrogen-bond donors (Lipinski definition) is 2. The second-order valence-electron chi connectivity index (χ2n) is 6.00. The lowest BCUT2D eigenvalue weighted by molar-refractivity contribution is -0.138. The molecule has 0 spiro atoms. The molecule has 0 unspecified atom stereocenters. The molecule has 156 valence electrons. The van der Waals surface area contributed by atoms with Gasteiger partial charge in [0.15, 0.2) is 11.5 Å². The van der Waals surface area contributed by atoms with Gasteiger partial charge in [-0.3, -0.25) is 0 Å². The van der Waals surface area contributed by atoms with E-state index in [1.165, 1.54) is 19.2 Å². The third-order valence-electron chi connectivity index (χ3n) is 4.00. The molecule has 2 aromatic carbocycles. The van der Waals surface area contributed by atoms with Crippen molar-refractivity contribution in [3.05, 3.63) is 68.2 Å². The minimum Gasteiger partial charge on any atom is -0.506 e. The minimum absolute atomic E-state index is 0.00895. The van der Waals surface area contributed by atoms with Crippen LogP contribution in [0.15, 0.2) is 57.6 Å². The van der Waals surface area contributed by atoms with Crippen molar-refractivity contribution in [2.75, 3.05) is 13.7 Å². The summed E-state index contributed by atoms with van der Waals surface area (Å²) in [6, 6.07) is 9.50. The molecule has 0 saturated carbocycles. The second kappa shape index (κ2) is 9.47. The summed E-state index contributed by atoms with van der Waals surface area (Å²) in [6.45, 7) is 1.81. The number of esters is 1. The van der Waals surface area contributed by atoms with Crippen molar-refractivity contribution in [3.8, 4) is 11.5 Å². The molecule has 0 radical (unpaired) electrons. The monoisotopic (exact) mass is 465 g/mol. The minimum atomic E-state index is -0.696. The van der Waals surface area contributed by atoms with Gasteiger partial charge in [0.25, 0.3) is 0 Å². The van der Waals surface area contributed by atoms with Crippen LogP contribution in [0.4, 0.5) is 5.69 Å². The number of carbonyl (C=O) groups is 1. The Balaban J connectivity index is 2.07. The van der Waals surface area contributed by atoms with E-state index in [2.05, 4.69) is 4.99 Å². The fraction of sp³-hybridized carbons (Fsp3) is 0.143. The number of thioether (sulfide) groups is 1. The zero-order valence-electron chi connectivity index (χ0n) is 16.0. The van der Waals surface area contributed by atoms with Gasteiger partial charge in [-0.25, -0.2) is 9.79 Å².